The van der Waals surface area contributed by atoms with Gasteiger partial charge < -0.3 is 18.9 Å². The monoisotopic (exact) mass is 436 g/mol. The minimum absolute atomic E-state index is 0.190. The van der Waals surface area contributed by atoms with Crippen molar-refractivity contribution >= 4 is 23.5 Å². The molecule has 0 spiro atoms. The van der Waals surface area contributed by atoms with Gasteiger partial charge in [-0.05, 0) is 61.0 Å². The van der Waals surface area contributed by atoms with Crippen molar-refractivity contribution in [1.82, 2.24) is 0 Å². The lowest BCUT2D eigenvalue weighted by molar-refractivity contribution is 0.101. The molecule has 0 saturated carbocycles. The van der Waals surface area contributed by atoms with Crippen molar-refractivity contribution in [3.8, 4) is 23.0 Å². The van der Waals surface area contributed by atoms with Crippen molar-refractivity contribution < 1.29 is 23.7 Å². The van der Waals surface area contributed by atoms with E-state index in [4.69, 9.17) is 30.5 Å². The van der Waals surface area contributed by atoms with Crippen molar-refractivity contribution in [1.29, 1.82) is 0 Å². The molecule has 6 heteroatoms. The van der Waals surface area contributed by atoms with E-state index in [1.54, 1.807) is 50.6 Å². The Kier molecular flexibility index (Phi) is 5.87. The Morgan fingerprint density at radius 1 is 1.00 bits per heavy atom. The third-order valence-electron chi connectivity index (χ3n) is 5.04. The van der Waals surface area contributed by atoms with E-state index in [1.165, 1.54) is 0 Å². The summed E-state index contributed by atoms with van der Waals surface area (Å²) in [6.07, 6.45) is 1.66. The quantitative estimate of drug-likeness (QED) is 0.453. The molecule has 0 amide bonds. The van der Waals surface area contributed by atoms with E-state index < -0.39 is 0 Å². The number of Topliss-reactive ketones (excluding diaryl/α,β-unsaturated/α-hetero) is 1. The zero-order chi connectivity index (χ0) is 22.0. The molecule has 0 bridgehead atoms. The first-order valence-corrected chi connectivity index (χ1v) is 10.0. The molecular formula is C25H21ClO5. The van der Waals surface area contributed by atoms with Crippen molar-refractivity contribution in [2.75, 3.05) is 14.2 Å². The second-order valence-electron chi connectivity index (χ2n) is 7.03. The van der Waals surface area contributed by atoms with Crippen LogP contribution in [-0.2, 0) is 6.61 Å². The van der Waals surface area contributed by atoms with Crippen LogP contribution in [0.3, 0.4) is 0 Å². The van der Waals surface area contributed by atoms with Crippen molar-refractivity contribution in [3.63, 3.8) is 0 Å². The zero-order valence-corrected chi connectivity index (χ0v) is 18.2. The largest absolute Gasteiger partial charge is 0.497 e. The van der Waals surface area contributed by atoms with Gasteiger partial charge in [0.2, 0.25) is 5.78 Å². The van der Waals surface area contributed by atoms with E-state index in [-0.39, 0.29) is 11.5 Å². The Labute approximate surface area is 185 Å². The van der Waals surface area contributed by atoms with Crippen LogP contribution < -0.4 is 18.9 Å². The SMILES string of the molecule is COc1ccc(OC)c(/C=C2\Oc3c(ccc(OCc4cccc(Cl)c4)c3C)C2=O)c1. The molecule has 0 unspecified atom stereocenters. The molecule has 31 heavy (non-hydrogen) atoms. The molecule has 0 radical (unpaired) electrons. The maximum Gasteiger partial charge on any atom is 0.231 e. The van der Waals surface area contributed by atoms with E-state index >= 15 is 0 Å². The van der Waals surface area contributed by atoms with Gasteiger partial charge in [-0.3, -0.25) is 4.79 Å². The van der Waals surface area contributed by atoms with Crippen LogP contribution in [0.1, 0.15) is 27.0 Å². The lowest BCUT2D eigenvalue weighted by Gasteiger charge is -2.12. The zero-order valence-electron chi connectivity index (χ0n) is 17.4. The number of hydrogen-bond donors (Lipinski definition) is 0. The first-order chi connectivity index (χ1) is 15.0. The third-order valence-corrected chi connectivity index (χ3v) is 5.28. The van der Waals surface area contributed by atoms with Crippen LogP contribution in [0, 0.1) is 6.92 Å². The Morgan fingerprint density at radius 2 is 1.81 bits per heavy atom. The van der Waals surface area contributed by atoms with Gasteiger partial charge in [0.15, 0.2) is 5.76 Å². The second kappa shape index (κ2) is 8.74. The number of halogens is 1. The van der Waals surface area contributed by atoms with Gasteiger partial charge in [0, 0.05) is 16.1 Å². The van der Waals surface area contributed by atoms with Crippen LogP contribution in [0.5, 0.6) is 23.0 Å². The van der Waals surface area contributed by atoms with Gasteiger partial charge in [-0.2, -0.15) is 0 Å². The number of carbonyl (C=O) groups excluding carboxylic acids is 1. The second-order valence-corrected chi connectivity index (χ2v) is 7.47. The number of carbonyl (C=O) groups is 1. The number of ether oxygens (including phenoxy) is 4. The van der Waals surface area contributed by atoms with E-state index in [9.17, 15) is 4.79 Å². The summed E-state index contributed by atoms with van der Waals surface area (Å²) < 4.78 is 22.6. The van der Waals surface area contributed by atoms with Crippen LogP contribution in [0.15, 0.2) is 60.4 Å². The summed E-state index contributed by atoms with van der Waals surface area (Å²) in [5.41, 5.74) is 2.90. The van der Waals surface area contributed by atoms with Gasteiger partial charge in [0.1, 0.15) is 29.6 Å². The highest BCUT2D eigenvalue weighted by Gasteiger charge is 2.30. The van der Waals surface area contributed by atoms with Crippen molar-refractivity contribution in [2.24, 2.45) is 0 Å². The normalized spacial score (nSPS) is 13.7. The lowest BCUT2D eigenvalue weighted by Crippen LogP contribution is -1.99. The van der Waals surface area contributed by atoms with E-state index in [0.29, 0.717) is 45.8 Å². The molecule has 0 aliphatic carbocycles. The standard InChI is InChI=1S/C25H21ClO5/c1-15-21(30-14-16-5-4-6-18(26)11-16)10-8-20-24(27)23(31-25(15)20)13-17-12-19(28-2)7-9-22(17)29-3/h4-13H,14H2,1-3H3/b23-13-. The molecule has 1 aliphatic rings. The predicted molar refractivity (Wildman–Crippen MR) is 119 cm³/mol. The van der Waals surface area contributed by atoms with Crippen LogP contribution in [-0.4, -0.2) is 20.0 Å². The first kappa shape index (κ1) is 20.8. The number of rotatable bonds is 6. The average Bonchev–Trinajstić information content (AvgIpc) is 3.09. The molecular weight excluding hydrogens is 416 g/mol. The van der Waals surface area contributed by atoms with Gasteiger partial charge in [0.25, 0.3) is 0 Å². The Hall–Kier alpha value is -3.44. The maximum atomic E-state index is 12.9. The van der Waals surface area contributed by atoms with Gasteiger partial charge in [-0.1, -0.05) is 23.7 Å². The third kappa shape index (κ3) is 4.23. The van der Waals surface area contributed by atoms with Crippen molar-refractivity contribution in [2.45, 2.75) is 13.5 Å². The van der Waals surface area contributed by atoms with Gasteiger partial charge in [-0.15, -0.1) is 0 Å². The fourth-order valence-electron chi connectivity index (χ4n) is 3.41. The summed E-state index contributed by atoms with van der Waals surface area (Å²) in [7, 11) is 3.16. The Balaban J connectivity index is 1.61. The summed E-state index contributed by atoms with van der Waals surface area (Å²) >= 11 is 6.04. The predicted octanol–water partition coefficient (Wildman–Crippen LogP) is 5.86. The summed E-state index contributed by atoms with van der Waals surface area (Å²) in [6, 6.07) is 16.4. The van der Waals surface area contributed by atoms with E-state index in [0.717, 1.165) is 11.1 Å². The van der Waals surface area contributed by atoms with Crippen LogP contribution in [0.4, 0.5) is 0 Å². The van der Waals surface area contributed by atoms with Crippen LogP contribution >= 0.6 is 11.6 Å². The molecule has 1 heterocycles. The van der Waals surface area contributed by atoms with Gasteiger partial charge in [-0.25, -0.2) is 0 Å². The number of ketones is 1. The smallest absolute Gasteiger partial charge is 0.231 e. The van der Waals surface area contributed by atoms with Crippen molar-refractivity contribution in [3.05, 3.63) is 87.6 Å². The summed E-state index contributed by atoms with van der Waals surface area (Å²) in [5, 5.41) is 0.656. The van der Waals surface area contributed by atoms with E-state index in [1.807, 2.05) is 31.2 Å². The number of methoxy groups -OCH3 is 2. The average molecular weight is 437 g/mol. The molecule has 5 nitrogen and oxygen atoms in total. The number of fused-ring (bicyclic) bond motifs is 1. The molecule has 0 fully saturated rings. The van der Waals surface area contributed by atoms with E-state index in [2.05, 4.69) is 0 Å². The maximum absolute atomic E-state index is 12.9. The molecule has 0 N–H and O–H groups in total. The summed E-state index contributed by atoms with van der Waals surface area (Å²) in [4.78, 5) is 12.9. The highest BCUT2D eigenvalue weighted by atomic mass is 35.5. The molecule has 0 aromatic heterocycles. The molecule has 4 rings (SSSR count). The highest BCUT2D eigenvalue weighted by Crippen LogP contribution is 2.40. The Morgan fingerprint density at radius 3 is 2.55 bits per heavy atom. The van der Waals surface area contributed by atoms with Crippen LogP contribution in [0.25, 0.3) is 6.08 Å². The molecule has 0 saturated heterocycles. The molecule has 1 aliphatic heterocycles. The summed E-state index contributed by atoms with van der Waals surface area (Å²) in [5.74, 6) is 2.45. The topological polar surface area (TPSA) is 54.0 Å². The minimum atomic E-state index is -0.190. The fraction of sp³-hybridized carbons (Fsp3) is 0.160. The minimum Gasteiger partial charge on any atom is -0.497 e. The molecule has 0 atom stereocenters. The summed E-state index contributed by atoms with van der Waals surface area (Å²) in [6.45, 7) is 2.23. The molecule has 158 valence electrons. The van der Waals surface area contributed by atoms with Gasteiger partial charge >= 0.3 is 0 Å². The lowest BCUT2D eigenvalue weighted by atomic mass is 10.1. The number of benzene rings is 3. The Bertz CT molecular complexity index is 1180. The fourth-order valence-corrected chi connectivity index (χ4v) is 3.62. The molecule has 3 aromatic carbocycles. The molecule has 3 aromatic rings. The van der Waals surface area contributed by atoms with Gasteiger partial charge in [0.05, 0.1) is 19.8 Å². The first-order valence-electron chi connectivity index (χ1n) is 9.67. The highest BCUT2D eigenvalue weighted by molar-refractivity contribution is 6.30. The number of allylic oxidation sites excluding steroid dienone is 1. The number of hydrogen-bond acceptors (Lipinski definition) is 5. The van der Waals surface area contributed by atoms with Crippen LogP contribution in [0.2, 0.25) is 5.02 Å².